The van der Waals surface area contributed by atoms with Crippen LogP contribution in [0.2, 0.25) is 0 Å². The van der Waals surface area contributed by atoms with Gasteiger partial charge in [0.25, 0.3) is 0 Å². The number of hydrogen-bond donors (Lipinski definition) is 1. The molecule has 1 heterocycles. The number of carbonyl (C=O) groups excluding carboxylic acids is 1. The number of nitrogens with one attached hydrogen (secondary N) is 1. The Morgan fingerprint density at radius 2 is 1.71 bits per heavy atom. The summed E-state index contributed by atoms with van der Waals surface area (Å²) >= 11 is 5.74. The fourth-order valence-electron chi connectivity index (χ4n) is 4.60. The molecule has 0 fully saturated rings. The molecule has 1 aliphatic rings. The molecule has 5 heteroatoms. The summed E-state index contributed by atoms with van der Waals surface area (Å²) in [5, 5.41) is 3.46. The predicted octanol–water partition coefficient (Wildman–Crippen LogP) is 6.38. The molecule has 4 nitrogen and oxygen atoms in total. The lowest BCUT2D eigenvalue weighted by Gasteiger charge is -2.38. The van der Waals surface area contributed by atoms with Gasteiger partial charge in [0.15, 0.2) is 0 Å². The number of fused-ring (bicyclic) bond motifs is 1. The maximum atomic E-state index is 11.6. The third kappa shape index (κ3) is 4.77. The summed E-state index contributed by atoms with van der Waals surface area (Å²) in [6, 6.07) is 4.34. The van der Waals surface area contributed by atoms with E-state index in [1.54, 1.807) is 0 Å². The molecule has 0 spiro atoms. The van der Waals surface area contributed by atoms with Gasteiger partial charge in [0.2, 0.25) is 0 Å². The van der Waals surface area contributed by atoms with E-state index >= 15 is 0 Å². The Morgan fingerprint density at radius 3 is 2.29 bits per heavy atom. The molecule has 0 radical (unpaired) electrons. The Kier molecular flexibility index (Phi) is 6.47. The second-order valence-corrected chi connectivity index (χ2v) is 9.65. The summed E-state index contributed by atoms with van der Waals surface area (Å²) in [6.07, 6.45) is 2.34. The van der Waals surface area contributed by atoms with Crippen molar-refractivity contribution in [2.45, 2.75) is 80.3 Å². The Balaban J connectivity index is 1.84. The van der Waals surface area contributed by atoms with E-state index in [0.717, 1.165) is 51.5 Å². The number of thiocarbonyl (C=S) groups is 1. The van der Waals surface area contributed by atoms with Crippen LogP contribution >= 0.6 is 12.2 Å². The highest BCUT2D eigenvalue weighted by molar-refractivity contribution is 7.80. The van der Waals surface area contributed by atoms with Crippen molar-refractivity contribution in [2.24, 2.45) is 0 Å². The number of benzene rings is 2. The third-order valence-corrected chi connectivity index (χ3v) is 6.53. The van der Waals surface area contributed by atoms with E-state index in [2.05, 4.69) is 45.1 Å². The van der Waals surface area contributed by atoms with Crippen LogP contribution in [0.4, 0.5) is 5.69 Å². The molecule has 0 aliphatic carbocycles. The summed E-state index contributed by atoms with van der Waals surface area (Å²) < 4.78 is 12.1. The van der Waals surface area contributed by atoms with E-state index in [0.29, 0.717) is 12.2 Å². The fraction of sp³-hybridized carbons (Fsp3) is 0.462. The minimum Gasteiger partial charge on any atom is -0.487 e. The fourth-order valence-corrected chi connectivity index (χ4v) is 5.01. The zero-order valence-electron chi connectivity index (χ0n) is 19.9. The monoisotopic (exact) mass is 439 g/mol. The number of carbonyl (C=O) groups is 1. The average Bonchev–Trinajstić information content (AvgIpc) is 2.65. The minimum absolute atomic E-state index is 0.301. The van der Waals surface area contributed by atoms with E-state index in [4.69, 9.17) is 21.7 Å². The molecule has 0 saturated carbocycles. The highest BCUT2D eigenvalue weighted by Gasteiger charge is 2.36. The van der Waals surface area contributed by atoms with Crippen LogP contribution in [0.1, 0.15) is 65.6 Å². The van der Waals surface area contributed by atoms with Gasteiger partial charge in [-0.05, 0) is 89.1 Å². The molecule has 1 atom stereocenters. The molecule has 1 N–H and O–H groups in total. The average molecular weight is 440 g/mol. The lowest BCUT2D eigenvalue weighted by atomic mass is 9.85. The molecule has 0 amide bonds. The third-order valence-electron chi connectivity index (χ3n) is 6.29. The SMILES string of the molecule is CC(=O)Oc1c(C)c(C)c2c(c1C)CCC(C)(CC(=S)Nc1c(C)cc(C)cc1C)O2. The molecule has 166 valence electrons. The summed E-state index contributed by atoms with van der Waals surface area (Å²) in [6.45, 7) is 15.9. The molecule has 0 aromatic heterocycles. The van der Waals surface area contributed by atoms with Gasteiger partial charge in [-0.3, -0.25) is 4.79 Å². The zero-order chi connectivity index (χ0) is 23.1. The van der Waals surface area contributed by atoms with Crippen molar-refractivity contribution in [1.82, 2.24) is 0 Å². The Bertz CT molecular complexity index is 1050. The van der Waals surface area contributed by atoms with E-state index in [1.165, 1.54) is 23.6 Å². The van der Waals surface area contributed by atoms with Crippen LogP contribution in [0, 0.1) is 41.5 Å². The Hall–Kier alpha value is -2.40. The summed E-state index contributed by atoms with van der Waals surface area (Å²) in [5.41, 5.74) is 8.41. The van der Waals surface area contributed by atoms with Crippen molar-refractivity contribution >= 4 is 28.9 Å². The Morgan fingerprint density at radius 1 is 1.10 bits per heavy atom. The van der Waals surface area contributed by atoms with Gasteiger partial charge >= 0.3 is 5.97 Å². The first kappa shape index (κ1) is 23.3. The minimum atomic E-state index is -0.393. The molecule has 0 saturated heterocycles. The van der Waals surface area contributed by atoms with E-state index in [9.17, 15) is 4.79 Å². The lowest BCUT2D eigenvalue weighted by molar-refractivity contribution is -0.132. The van der Waals surface area contributed by atoms with Crippen molar-refractivity contribution in [3.05, 3.63) is 51.1 Å². The maximum absolute atomic E-state index is 11.6. The number of rotatable bonds is 4. The van der Waals surface area contributed by atoms with E-state index in [1.807, 2.05) is 20.8 Å². The van der Waals surface area contributed by atoms with E-state index in [-0.39, 0.29) is 5.97 Å². The topological polar surface area (TPSA) is 47.6 Å². The normalized spacial score (nSPS) is 17.5. The highest BCUT2D eigenvalue weighted by atomic mass is 32.1. The maximum Gasteiger partial charge on any atom is 0.308 e. The van der Waals surface area contributed by atoms with Gasteiger partial charge in [0.05, 0.1) is 4.99 Å². The zero-order valence-corrected chi connectivity index (χ0v) is 20.7. The van der Waals surface area contributed by atoms with Gasteiger partial charge in [-0.15, -0.1) is 0 Å². The Labute approximate surface area is 191 Å². The summed E-state index contributed by atoms with van der Waals surface area (Å²) in [4.78, 5) is 12.3. The number of aryl methyl sites for hydroxylation is 3. The summed E-state index contributed by atoms with van der Waals surface area (Å²) in [7, 11) is 0. The number of anilines is 1. The van der Waals surface area contributed by atoms with Gasteiger partial charge in [-0.1, -0.05) is 29.9 Å². The smallest absolute Gasteiger partial charge is 0.308 e. The van der Waals surface area contributed by atoms with Crippen molar-refractivity contribution in [3.63, 3.8) is 0 Å². The van der Waals surface area contributed by atoms with Crippen LogP contribution < -0.4 is 14.8 Å². The van der Waals surface area contributed by atoms with Gasteiger partial charge in [-0.25, -0.2) is 0 Å². The quantitative estimate of drug-likeness (QED) is 0.340. The van der Waals surface area contributed by atoms with Crippen LogP contribution in [-0.4, -0.2) is 16.6 Å². The van der Waals surface area contributed by atoms with Gasteiger partial charge < -0.3 is 14.8 Å². The van der Waals surface area contributed by atoms with Crippen LogP contribution in [0.5, 0.6) is 11.5 Å². The second kappa shape index (κ2) is 8.62. The van der Waals surface area contributed by atoms with Crippen LogP contribution in [0.3, 0.4) is 0 Å². The number of esters is 1. The molecular weight excluding hydrogens is 406 g/mol. The van der Waals surface area contributed by atoms with Crippen molar-refractivity contribution in [1.29, 1.82) is 0 Å². The molecule has 1 unspecified atom stereocenters. The first-order valence-electron chi connectivity index (χ1n) is 10.8. The molecule has 1 aliphatic heterocycles. The molecule has 3 rings (SSSR count). The standard InChI is InChI=1S/C26H33NO3S/c1-14-11-15(2)23(16(3)12-14)27-22(31)13-26(8)10-9-21-19(6)24(29-20(7)28)17(4)18(5)25(21)30-26/h11-12H,9-10,13H2,1-8H3,(H,27,31). The van der Waals surface area contributed by atoms with Crippen LogP contribution in [0.25, 0.3) is 0 Å². The summed E-state index contributed by atoms with van der Waals surface area (Å²) in [5.74, 6) is 1.27. The van der Waals surface area contributed by atoms with Crippen molar-refractivity contribution in [2.75, 3.05) is 5.32 Å². The second-order valence-electron chi connectivity index (χ2n) is 9.16. The van der Waals surface area contributed by atoms with Gasteiger partial charge in [-0.2, -0.15) is 0 Å². The lowest BCUT2D eigenvalue weighted by Crippen LogP contribution is -2.40. The molecule has 2 aromatic rings. The predicted molar refractivity (Wildman–Crippen MR) is 131 cm³/mol. The number of ether oxygens (including phenoxy) is 2. The first-order chi connectivity index (χ1) is 14.4. The van der Waals surface area contributed by atoms with Gasteiger partial charge in [0, 0.05) is 24.6 Å². The van der Waals surface area contributed by atoms with Crippen molar-refractivity contribution in [3.8, 4) is 11.5 Å². The van der Waals surface area contributed by atoms with Crippen LogP contribution in [-0.2, 0) is 11.2 Å². The first-order valence-corrected chi connectivity index (χ1v) is 11.2. The van der Waals surface area contributed by atoms with Gasteiger partial charge in [0.1, 0.15) is 17.1 Å². The van der Waals surface area contributed by atoms with Crippen LogP contribution in [0.15, 0.2) is 12.1 Å². The highest BCUT2D eigenvalue weighted by Crippen LogP contribution is 2.44. The molecule has 0 bridgehead atoms. The van der Waals surface area contributed by atoms with E-state index < -0.39 is 5.60 Å². The molecule has 31 heavy (non-hydrogen) atoms. The van der Waals surface area contributed by atoms with Crippen molar-refractivity contribution < 1.29 is 14.3 Å². The number of hydrogen-bond acceptors (Lipinski definition) is 4. The molecule has 2 aromatic carbocycles. The largest absolute Gasteiger partial charge is 0.487 e. The molecular formula is C26H33NO3S.